The Morgan fingerprint density at radius 2 is 1.59 bits per heavy atom. The van der Waals surface area contributed by atoms with Crippen LogP contribution in [0.1, 0.15) is 129 Å². The number of fused-ring (bicyclic) bond motifs is 13. The van der Waals surface area contributed by atoms with Crippen LogP contribution >= 0.6 is 0 Å². The summed E-state index contributed by atoms with van der Waals surface area (Å²) < 4.78 is 18.7. The van der Waals surface area contributed by atoms with Crippen molar-refractivity contribution >= 4 is 40.0 Å². The number of esters is 1. The molecule has 1 spiro atoms. The Kier molecular flexibility index (Phi) is 16.1. The van der Waals surface area contributed by atoms with Crippen molar-refractivity contribution in [3.63, 3.8) is 0 Å². The summed E-state index contributed by atoms with van der Waals surface area (Å²) in [4.78, 5) is 72.3. The van der Waals surface area contributed by atoms with Crippen LogP contribution in [0.5, 0.6) is 17.2 Å². The van der Waals surface area contributed by atoms with E-state index in [-0.39, 0.29) is 62.0 Å². The molecule has 1 saturated carbocycles. The lowest BCUT2D eigenvalue weighted by Crippen LogP contribution is -2.52. The van der Waals surface area contributed by atoms with E-state index in [1.807, 2.05) is 6.92 Å². The van der Waals surface area contributed by atoms with E-state index in [1.165, 1.54) is 45.3 Å². The van der Waals surface area contributed by atoms with Crippen molar-refractivity contribution in [1.82, 2.24) is 14.7 Å². The number of phenols is 2. The smallest absolute Gasteiger partial charge is 0.315 e. The summed E-state index contributed by atoms with van der Waals surface area (Å²) in [6.45, 7) is 21.0. The van der Waals surface area contributed by atoms with Gasteiger partial charge in [-0.05, 0) is 51.0 Å². The minimum Gasteiger partial charge on any atom is -0.507 e. The Balaban J connectivity index is 1.12. The van der Waals surface area contributed by atoms with Gasteiger partial charge in [0.25, 0.3) is 11.7 Å². The number of carbonyl (C=O) groups is 4. The number of phenolic OH excluding ortho intramolecular Hbond substituents is 2. The molecule has 2 amide bonds. The molecule has 6 aliphatic heterocycles. The SMILES string of the molecule is C/C1=C/C=C/C(C)[C@H](O)[C@@H](C)C(O)[C@@H](C)[C@H](OC(=O)CC(=O)N2CCN(C3CCCCC3)CC2)[C@H](C)C/C=C/OC2(C)Oc3c(C)c(O)c4c(O)c(c5c(c4c3C2=O)NC2(CCN(CC(C)C)CC2)N=5)=NC1=O. The Morgan fingerprint density at radius 1 is 0.904 bits per heavy atom. The molecule has 5 N–H and O–H groups in total. The first-order valence-corrected chi connectivity index (χ1v) is 26.7. The summed E-state index contributed by atoms with van der Waals surface area (Å²) in [6, 6.07) is 0.544. The van der Waals surface area contributed by atoms with Gasteiger partial charge >= 0.3 is 11.8 Å². The number of aliphatic hydroxyl groups is 2. The zero-order valence-electron chi connectivity index (χ0n) is 44.3. The number of piperazine rings is 1. The van der Waals surface area contributed by atoms with Crippen LogP contribution in [0.4, 0.5) is 5.69 Å². The fourth-order valence-corrected chi connectivity index (χ4v) is 12.0. The van der Waals surface area contributed by atoms with Crippen LogP contribution in [0.2, 0.25) is 0 Å². The molecule has 6 heterocycles. The van der Waals surface area contributed by atoms with Gasteiger partial charge in [0, 0.05) is 106 Å². The maximum absolute atomic E-state index is 14.9. The van der Waals surface area contributed by atoms with Crippen molar-refractivity contribution in [3.8, 4) is 17.2 Å². The number of likely N-dealkylation sites (tertiary alicyclic amines) is 1. The van der Waals surface area contributed by atoms with Gasteiger partial charge in [0.1, 0.15) is 40.4 Å². The third-order valence-electron chi connectivity index (χ3n) is 16.5. The molecule has 0 aromatic heterocycles. The normalized spacial score (nSPS) is 31.3. The number of nitrogens with one attached hydrogen (secondary N) is 1. The van der Waals surface area contributed by atoms with Gasteiger partial charge in [-0.25, -0.2) is 4.99 Å². The molecule has 2 aromatic rings. The Morgan fingerprint density at radius 3 is 2.26 bits per heavy atom. The van der Waals surface area contributed by atoms with Crippen molar-refractivity contribution in [3.05, 3.63) is 58.0 Å². The van der Waals surface area contributed by atoms with Gasteiger partial charge in [0.15, 0.2) is 5.75 Å². The van der Waals surface area contributed by atoms with E-state index >= 15 is 0 Å². The predicted octanol–water partition coefficient (Wildman–Crippen LogP) is 5.97. The molecule has 0 radical (unpaired) electrons. The predicted molar refractivity (Wildman–Crippen MR) is 275 cm³/mol. The third kappa shape index (κ3) is 10.9. The number of carbonyl (C=O) groups excluding carboxylic acids is 4. The second-order valence-corrected chi connectivity index (χ2v) is 22.4. The number of nitrogens with zero attached hydrogens (tertiary/aromatic N) is 5. The van der Waals surface area contributed by atoms with E-state index < -0.39 is 83.3 Å². The Labute approximate surface area is 429 Å². The number of aliphatic hydroxyl groups excluding tert-OH is 2. The average molecular weight is 1010 g/mol. The summed E-state index contributed by atoms with van der Waals surface area (Å²) in [5.74, 6) is -7.01. The molecule has 5 bridgehead atoms. The van der Waals surface area contributed by atoms with Crippen molar-refractivity contribution in [2.24, 2.45) is 39.6 Å². The van der Waals surface area contributed by atoms with Gasteiger partial charge in [-0.1, -0.05) is 79.0 Å². The molecule has 8 atom stereocenters. The first-order chi connectivity index (χ1) is 34.6. The summed E-state index contributed by atoms with van der Waals surface area (Å²) in [7, 11) is 0. The first kappa shape index (κ1) is 53.9. The van der Waals surface area contributed by atoms with Gasteiger partial charge in [0.2, 0.25) is 5.91 Å². The average Bonchev–Trinajstić information content (AvgIpc) is 3.87. The van der Waals surface area contributed by atoms with E-state index in [1.54, 1.807) is 63.8 Å². The van der Waals surface area contributed by atoms with Crippen LogP contribution in [0.25, 0.3) is 10.8 Å². The monoisotopic (exact) mass is 1010 g/mol. The largest absolute Gasteiger partial charge is 0.507 e. The number of amides is 2. The lowest BCUT2D eigenvalue weighted by atomic mass is 9.79. The molecule has 7 aliphatic rings. The topological polar surface area (TPSA) is 223 Å². The van der Waals surface area contributed by atoms with Gasteiger partial charge in [-0.2, -0.15) is 0 Å². The molecular weight excluding hydrogens is 933 g/mol. The number of piperidine rings is 1. The van der Waals surface area contributed by atoms with Crippen LogP contribution in [0.3, 0.4) is 0 Å². The molecule has 1 aliphatic carbocycles. The number of rotatable bonds is 6. The maximum Gasteiger partial charge on any atom is 0.315 e. The van der Waals surface area contributed by atoms with Gasteiger partial charge in [-0.15, -0.1) is 0 Å². The summed E-state index contributed by atoms with van der Waals surface area (Å²) in [6.07, 6.45) is 11.8. The number of ketones is 1. The minimum absolute atomic E-state index is 0.0625. The van der Waals surface area contributed by atoms with E-state index in [0.717, 1.165) is 32.7 Å². The van der Waals surface area contributed by atoms with Crippen molar-refractivity contribution in [1.29, 1.82) is 0 Å². The van der Waals surface area contributed by atoms with Crippen LogP contribution in [0.15, 0.2) is 46.1 Å². The number of aromatic hydroxyl groups is 2. The molecule has 17 heteroatoms. The summed E-state index contributed by atoms with van der Waals surface area (Å²) in [5, 5.41) is 51.3. The zero-order chi connectivity index (χ0) is 52.7. The number of hydrogen-bond donors (Lipinski definition) is 5. The van der Waals surface area contributed by atoms with Crippen molar-refractivity contribution in [2.75, 3.05) is 51.1 Å². The highest BCUT2D eigenvalue weighted by Gasteiger charge is 2.51. The molecular formula is C56H78N6O11. The van der Waals surface area contributed by atoms with Crippen LogP contribution in [0, 0.1) is 36.5 Å². The highest BCUT2D eigenvalue weighted by atomic mass is 16.7. The van der Waals surface area contributed by atoms with Gasteiger partial charge in [0.05, 0.1) is 35.1 Å². The molecule has 3 fully saturated rings. The van der Waals surface area contributed by atoms with E-state index in [9.17, 15) is 39.6 Å². The number of ether oxygens (including phenoxy) is 3. The summed E-state index contributed by atoms with van der Waals surface area (Å²) in [5.41, 5.74) is -0.108. The number of benzene rings is 2. The molecule has 2 saturated heterocycles. The number of anilines is 1. The molecule has 2 aromatic carbocycles. The lowest BCUT2D eigenvalue weighted by Gasteiger charge is -2.40. The second-order valence-electron chi connectivity index (χ2n) is 22.4. The van der Waals surface area contributed by atoms with Crippen LogP contribution in [-0.4, -0.2) is 140 Å². The molecule has 73 heavy (non-hydrogen) atoms. The number of allylic oxidation sites excluding steroid dienone is 3. The highest BCUT2D eigenvalue weighted by molar-refractivity contribution is 6.21. The molecule has 17 nitrogen and oxygen atoms in total. The van der Waals surface area contributed by atoms with E-state index in [4.69, 9.17) is 19.2 Å². The summed E-state index contributed by atoms with van der Waals surface area (Å²) >= 11 is 0. The Hall–Kier alpha value is -5.36. The first-order valence-electron chi connectivity index (χ1n) is 26.7. The lowest BCUT2D eigenvalue weighted by molar-refractivity contribution is -0.162. The molecule has 9 rings (SSSR count). The highest BCUT2D eigenvalue weighted by Crippen LogP contribution is 2.51. The fraction of sp³-hybridized carbons (Fsp3) is 0.643. The molecule has 398 valence electrons. The third-order valence-corrected chi connectivity index (χ3v) is 16.5. The minimum atomic E-state index is -1.94. The number of hydrogen-bond acceptors (Lipinski definition) is 15. The van der Waals surface area contributed by atoms with Gasteiger partial charge in [-0.3, -0.25) is 29.1 Å². The van der Waals surface area contributed by atoms with Crippen LogP contribution < -0.4 is 20.8 Å². The second kappa shape index (κ2) is 21.8. The molecule has 3 unspecified atom stereocenters. The van der Waals surface area contributed by atoms with Crippen molar-refractivity contribution < 1.29 is 53.8 Å². The standard InChI is InChI=1S/C56H78N6O11/c1-31(2)30-60-22-20-56(21-23-60)58-44-41-42-49(67)37(8)52-43(41)53(69)55(9,73-52)71-28-14-17-33(4)51(72-40(64)29-39(63)62-26-24-61(25-27-62)38-18-11-10-12-19-38)36(7)48(66)35(6)47(65)32(3)15-13-16-34(5)54(70)57-46(50(42)68)45(44)59-56/h13-16,28,31-33,35-36,38,47-48,51,58,65-68H,10-12,17-27,29-30H2,1-9H3/b15-13+,28-14+,34-16-,57-46?/t32?,33-,35-,36-,47+,48?,51-,55?/m1/s1. The van der Waals surface area contributed by atoms with Crippen molar-refractivity contribution in [2.45, 2.75) is 156 Å². The Bertz CT molecular complexity index is 2680. The van der Waals surface area contributed by atoms with E-state index in [2.05, 4.69) is 34.0 Å². The van der Waals surface area contributed by atoms with Crippen LogP contribution in [-0.2, 0) is 23.9 Å². The van der Waals surface area contributed by atoms with Gasteiger partial charge < -0.3 is 49.8 Å². The fourth-order valence-electron chi connectivity index (χ4n) is 12.0. The zero-order valence-corrected chi connectivity index (χ0v) is 44.3. The van der Waals surface area contributed by atoms with E-state index in [0.29, 0.717) is 43.6 Å². The maximum atomic E-state index is 14.9. The quantitative estimate of drug-likeness (QED) is 0.128. The number of Topliss-reactive ketones (excluding diaryl/α,β-unsaturated/α-hetero) is 1.